The van der Waals surface area contributed by atoms with Gasteiger partial charge in [-0.15, -0.1) is 0 Å². The molecule has 0 atom stereocenters. The number of nitrogens with one attached hydrogen (secondary N) is 1. The van der Waals surface area contributed by atoms with Gasteiger partial charge in [0, 0.05) is 10.7 Å². The minimum absolute atomic E-state index is 0.139. The van der Waals surface area contributed by atoms with Gasteiger partial charge in [0.25, 0.3) is 11.8 Å². The minimum Gasteiger partial charge on any atom is -0.483 e. The minimum atomic E-state index is -0.666. The number of halogens is 1. The fourth-order valence-corrected chi connectivity index (χ4v) is 2.47. The highest BCUT2D eigenvalue weighted by molar-refractivity contribution is 6.31. The van der Waals surface area contributed by atoms with Gasteiger partial charge in [0.15, 0.2) is 6.61 Å². The lowest BCUT2D eigenvalue weighted by Gasteiger charge is -2.10. The van der Waals surface area contributed by atoms with Crippen molar-refractivity contribution in [3.05, 3.63) is 58.6 Å². The zero-order chi connectivity index (χ0) is 18.2. The normalized spacial score (nSPS) is 10.3. The predicted octanol–water partition coefficient (Wildman–Crippen LogP) is 3.80. The Labute approximate surface area is 152 Å². The average Bonchev–Trinajstić information content (AvgIpc) is 2.60. The number of aryl methyl sites for hydroxylation is 1. The molecule has 0 aliphatic carbocycles. The van der Waals surface area contributed by atoms with E-state index >= 15 is 0 Å². The first-order valence-electron chi connectivity index (χ1n) is 8.10. The van der Waals surface area contributed by atoms with Crippen molar-refractivity contribution >= 4 is 29.1 Å². The molecule has 5 nitrogen and oxygen atoms in total. The third-order valence-electron chi connectivity index (χ3n) is 3.62. The summed E-state index contributed by atoms with van der Waals surface area (Å²) in [4.78, 5) is 23.4. The van der Waals surface area contributed by atoms with Crippen molar-refractivity contribution in [1.82, 2.24) is 0 Å². The van der Waals surface area contributed by atoms with E-state index in [-0.39, 0.29) is 23.8 Å². The molecule has 0 spiro atoms. The number of hydrogen-bond acceptors (Lipinski definition) is 3. The number of nitrogens with two attached hydrogens (primary N) is 1. The molecule has 25 heavy (non-hydrogen) atoms. The van der Waals surface area contributed by atoms with Crippen LogP contribution in [0.3, 0.4) is 0 Å². The second kappa shape index (κ2) is 9.08. The predicted molar refractivity (Wildman–Crippen MR) is 99.1 cm³/mol. The molecule has 2 aromatic carbocycles. The van der Waals surface area contributed by atoms with Gasteiger partial charge in [-0.3, -0.25) is 9.59 Å². The molecule has 0 saturated heterocycles. The Morgan fingerprint density at radius 1 is 1.16 bits per heavy atom. The van der Waals surface area contributed by atoms with Crippen molar-refractivity contribution in [2.45, 2.75) is 26.2 Å². The van der Waals surface area contributed by atoms with E-state index in [1.54, 1.807) is 6.07 Å². The first-order chi connectivity index (χ1) is 12.0. The van der Waals surface area contributed by atoms with Crippen molar-refractivity contribution in [2.24, 2.45) is 5.73 Å². The van der Waals surface area contributed by atoms with Gasteiger partial charge in [0.2, 0.25) is 0 Å². The van der Waals surface area contributed by atoms with Gasteiger partial charge >= 0.3 is 0 Å². The number of primary amides is 1. The molecular formula is C19H21ClN2O3. The Morgan fingerprint density at radius 2 is 1.88 bits per heavy atom. The quantitative estimate of drug-likeness (QED) is 0.751. The molecule has 0 aliphatic rings. The van der Waals surface area contributed by atoms with Crippen LogP contribution >= 0.6 is 11.6 Å². The van der Waals surface area contributed by atoms with E-state index < -0.39 is 5.91 Å². The molecule has 0 aliphatic heterocycles. The van der Waals surface area contributed by atoms with Crippen LogP contribution in [0.4, 0.5) is 5.69 Å². The third-order valence-corrected chi connectivity index (χ3v) is 3.86. The maximum absolute atomic E-state index is 12.0. The molecule has 0 fully saturated rings. The maximum Gasteiger partial charge on any atom is 0.262 e. The SMILES string of the molecule is CCCCc1ccc(NC(=O)COc2ccc(Cl)cc2C(N)=O)cc1. The summed E-state index contributed by atoms with van der Waals surface area (Å²) in [5, 5.41) is 3.12. The molecule has 2 rings (SSSR count). The largest absolute Gasteiger partial charge is 0.483 e. The average molecular weight is 361 g/mol. The Morgan fingerprint density at radius 3 is 2.52 bits per heavy atom. The topological polar surface area (TPSA) is 81.4 Å². The highest BCUT2D eigenvalue weighted by Gasteiger charge is 2.12. The van der Waals surface area contributed by atoms with Crippen molar-refractivity contribution < 1.29 is 14.3 Å². The number of ether oxygens (including phenoxy) is 1. The molecule has 2 aromatic rings. The van der Waals surface area contributed by atoms with E-state index in [4.69, 9.17) is 22.1 Å². The number of carbonyl (C=O) groups is 2. The van der Waals surface area contributed by atoms with Gasteiger partial charge in [0.1, 0.15) is 5.75 Å². The van der Waals surface area contributed by atoms with E-state index in [1.807, 2.05) is 24.3 Å². The number of benzene rings is 2. The summed E-state index contributed by atoms with van der Waals surface area (Å²) in [6.45, 7) is 1.92. The lowest BCUT2D eigenvalue weighted by atomic mass is 10.1. The van der Waals surface area contributed by atoms with Crippen molar-refractivity contribution in [3.63, 3.8) is 0 Å². The molecule has 0 radical (unpaired) electrons. The molecule has 0 unspecified atom stereocenters. The zero-order valence-corrected chi connectivity index (χ0v) is 14.8. The second-order valence-corrected chi connectivity index (χ2v) is 6.08. The third kappa shape index (κ3) is 5.80. The van der Waals surface area contributed by atoms with Gasteiger partial charge in [-0.05, 0) is 48.7 Å². The highest BCUT2D eigenvalue weighted by Crippen LogP contribution is 2.22. The number of anilines is 1. The molecule has 2 amide bonds. The molecule has 0 aromatic heterocycles. The molecule has 0 saturated carbocycles. The first kappa shape index (κ1) is 18.8. The summed E-state index contributed by atoms with van der Waals surface area (Å²) in [5.74, 6) is -0.769. The van der Waals surface area contributed by atoms with Gasteiger partial charge < -0.3 is 15.8 Å². The van der Waals surface area contributed by atoms with Crippen LogP contribution < -0.4 is 15.8 Å². The van der Waals surface area contributed by atoms with Crippen LogP contribution in [-0.4, -0.2) is 18.4 Å². The summed E-state index contributed by atoms with van der Waals surface area (Å²) in [6, 6.07) is 12.2. The van der Waals surface area contributed by atoms with Gasteiger partial charge in [-0.1, -0.05) is 37.1 Å². The number of hydrogen-bond donors (Lipinski definition) is 2. The fourth-order valence-electron chi connectivity index (χ4n) is 2.30. The van der Waals surface area contributed by atoms with Crippen LogP contribution in [0.2, 0.25) is 5.02 Å². The summed E-state index contributed by atoms with van der Waals surface area (Å²) in [7, 11) is 0. The lowest BCUT2D eigenvalue weighted by Crippen LogP contribution is -2.21. The summed E-state index contributed by atoms with van der Waals surface area (Å²) < 4.78 is 5.39. The van der Waals surface area contributed by atoms with E-state index in [1.165, 1.54) is 17.7 Å². The van der Waals surface area contributed by atoms with Crippen LogP contribution in [0.25, 0.3) is 0 Å². The number of carbonyl (C=O) groups excluding carboxylic acids is 2. The van der Waals surface area contributed by atoms with E-state index in [0.717, 1.165) is 19.3 Å². The first-order valence-corrected chi connectivity index (χ1v) is 8.48. The standard InChI is InChI=1S/C19H21ClN2O3/c1-2-3-4-13-5-8-15(9-6-13)22-18(23)12-25-17-10-7-14(20)11-16(17)19(21)24/h5-11H,2-4,12H2,1H3,(H2,21,24)(H,22,23). The maximum atomic E-state index is 12.0. The van der Waals surface area contributed by atoms with E-state index in [2.05, 4.69) is 12.2 Å². The monoisotopic (exact) mass is 360 g/mol. The van der Waals surface area contributed by atoms with Crippen LogP contribution in [0, 0.1) is 0 Å². The molecule has 132 valence electrons. The smallest absolute Gasteiger partial charge is 0.262 e. The van der Waals surface area contributed by atoms with Gasteiger partial charge in [-0.2, -0.15) is 0 Å². The highest BCUT2D eigenvalue weighted by atomic mass is 35.5. The number of unbranched alkanes of at least 4 members (excludes halogenated alkanes) is 1. The van der Waals surface area contributed by atoms with Gasteiger partial charge in [0.05, 0.1) is 5.56 Å². The van der Waals surface area contributed by atoms with Crippen LogP contribution in [0.15, 0.2) is 42.5 Å². The molecule has 0 heterocycles. The fraction of sp³-hybridized carbons (Fsp3) is 0.263. The number of rotatable bonds is 8. The Bertz CT molecular complexity index is 745. The lowest BCUT2D eigenvalue weighted by molar-refractivity contribution is -0.118. The molecule has 3 N–H and O–H groups in total. The van der Waals surface area contributed by atoms with Gasteiger partial charge in [-0.25, -0.2) is 0 Å². The molecule has 6 heteroatoms. The Kier molecular flexibility index (Phi) is 6.83. The summed E-state index contributed by atoms with van der Waals surface area (Å²) >= 11 is 5.83. The van der Waals surface area contributed by atoms with Crippen molar-refractivity contribution in [1.29, 1.82) is 0 Å². The van der Waals surface area contributed by atoms with E-state index in [9.17, 15) is 9.59 Å². The molecular weight excluding hydrogens is 340 g/mol. The van der Waals surface area contributed by atoms with Crippen LogP contribution in [0.5, 0.6) is 5.75 Å². The summed E-state index contributed by atoms with van der Waals surface area (Å²) in [5.41, 5.74) is 7.36. The van der Waals surface area contributed by atoms with Crippen LogP contribution in [0.1, 0.15) is 35.7 Å². The van der Waals surface area contributed by atoms with Crippen LogP contribution in [-0.2, 0) is 11.2 Å². The molecule has 0 bridgehead atoms. The van der Waals surface area contributed by atoms with E-state index in [0.29, 0.717) is 10.7 Å². The Hall–Kier alpha value is -2.53. The Balaban J connectivity index is 1.92. The van der Waals surface area contributed by atoms with Crippen molar-refractivity contribution in [3.8, 4) is 5.75 Å². The number of amides is 2. The van der Waals surface area contributed by atoms with Crippen molar-refractivity contribution in [2.75, 3.05) is 11.9 Å². The summed E-state index contributed by atoms with van der Waals surface area (Å²) in [6.07, 6.45) is 3.32. The second-order valence-electron chi connectivity index (χ2n) is 5.64. The zero-order valence-electron chi connectivity index (χ0n) is 14.0.